The molecule has 0 spiro atoms. The van der Waals surface area contributed by atoms with Gasteiger partial charge in [0.05, 0.1) is 12.7 Å². The highest BCUT2D eigenvalue weighted by Crippen LogP contribution is 2.30. The van der Waals surface area contributed by atoms with Crippen molar-refractivity contribution in [3.05, 3.63) is 23.7 Å². The molecule has 2 aromatic heterocycles. The van der Waals surface area contributed by atoms with E-state index >= 15 is 0 Å². The predicted molar refractivity (Wildman–Crippen MR) is 83.8 cm³/mol. The van der Waals surface area contributed by atoms with Gasteiger partial charge in [0, 0.05) is 20.0 Å². The number of halogens is 1. The van der Waals surface area contributed by atoms with Gasteiger partial charge in [0.1, 0.15) is 0 Å². The van der Waals surface area contributed by atoms with Crippen LogP contribution in [0.1, 0.15) is 49.7 Å². The van der Waals surface area contributed by atoms with Gasteiger partial charge in [-0.2, -0.15) is 9.97 Å². The monoisotopic (exact) mass is 320 g/mol. The maximum atomic E-state index is 13.6. The summed E-state index contributed by atoms with van der Waals surface area (Å²) in [5.41, 5.74) is 0. The first-order chi connectivity index (χ1) is 11.1. The van der Waals surface area contributed by atoms with Crippen molar-refractivity contribution in [3.8, 4) is 0 Å². The van der Waals surface area contributed by atoms with Crippen LogP contribution in [0.15, 0.2) is 10.7 Å². The number of nitrogens with zero attached hydrogens (tertiary/aromatic N) is 5. The van der Waals surface area contributed by atoms with Crippen molar-refractivity contribution in [1.29, 1.82) is 0 Å². The summed E-state index contributed by atoms with van der Waals surface area (Å²) in [6.45, 7) is 0.318. The zero-order valence-corrected chi connectivity index (χ0v) is 13.4. The van der Waals surface area contributed by atoms with Crippen LogP contribution in [0.4, 0.5) is 16.2 Å². The van der Waals surface area contributed by atoms with E-state index in [4.69, 9.17) is 4.52 Å². The summed E-state index contributed by atoms with van der Waals surface area (Å²) in [5, 5.41) is 7.06. The van der Waals surface area contributed by atoms with Crippen LogP contribution in [0.3, 0.4) is 0 Å². The van der Waals surface area contributed by atoms with Crippen molar-refractivity contribution in [2.24, 2.45) is 0 Å². The van der Waals surface area contributed by atoms with E-state index in [1.807, 2.05) is 0 Å². The van der Waals surface area contributed by atoms with Gasteiger partial charge < -0.3 is 14.7 Å². The second kappa shape index (κ2) is 6.89. The van der Waals surface area contributed by atoms with E-state index in [1.165, 1.54) is 19.3 Å². The highest BCUT2D eigenvalue weighted by Gasteiger charge is 2.20. The SMILES string of the molecule is CN(C)c1nc(NCc2nc(C3CCCCC3)no2)ncc1F. The Morgan fingerprint density at radius 2 is 2.04 bits per heavy atom. The van der Waals surface area contributed by atoms with Crippen molar-refractivity contribution in [2.75, 3.05) is 24.3 Å². The van der Waals surface area contributed by atoms with Crippen LogP contribution in [-0.4, -0.2) is 34.2 Å². The van der Waals surface area contributed by atoms with E-state index in [2.05, 4.69) is 25.4 Å². The molecule has 1 fully saturated rings. The lowest BCUT2D eigenvalue weighted by Crippen LogP contribution is -2.15. The van der Waals surface area contributed by atoms with Crippen LogP contribution < -0.4 is 10.2 Å². The number of anilines is 2. The highest BCUT2D eigenvalue weighted by atomic mass is 19.1. The number of rotatable bonds is 5. The fourth-order valence-corrected chi connectivity index (χ4v) is 2.78. The normalized spacial score (nSPS) is 15.6. The van der Waals surface area contributed by atoms with Crippen LogP contribution in [0.25, 0.3) is 0 Å². The maximum Gasteiger partial charge on any atom is 0.246 e. The largest absolute Gasteiger partial charge is 0.360 e. The molecule has 0 aromatic carbocycles. The lowest BCUT2D eigenvalue weighted by Gasteiger charge is -2.17. The molecule has 1 aliphatic rings. The van der Waals surface area contributed by atoms with Crippen molar-refractivity contribution < 1.29 is 8.91 Å². The third-order valence-electron chi connectivity index (χ3n) is 4.00. The van der Waals surface area contributed by atoms with Gasteiger partial charge in [0.2, 0.25) is 11.8 Å². The Morgan fingerprint density at radius 3 is 2.78 bits per heavy atom. The Bertz CT molecular complexity index is 653. The van der Waals surface area contributed by atoms with Crippen molar-refractivity contribution in [3.63, 3.8) is 0 Å². The van der Waals surface area contributed by atoms with Gasteiger partial charge in [-0.3, -0.25) is 0 Å². The summed E-state index contributed by atoms with van der Waals surface area (Å²) in [5.74, 6) is 1.78. The molecule has 1 aliphatic carbocycles. The summed E-state index contributed by atoms with van der Waals surface area (Å²) in [4.78, 5) is 14.1. The first-order valence-corrected chi connectivity index (χ1v) is 7.89. The topological polar surface area (TPSA) is 80.0 Å². The molecule has 0 amide bonds. The first kappa shape index (κ1) is 15.6. The van der Waals surface area contributed by atoms with Crippen molar-refractivity contribution >= 4 is 11.8 Å². The lowest BCUT2D eigenvalue weighted by molar-refractivity contribution is 0.361. The molecule has 0 atom stereocenters. The molecule has 7 nitrogen and oxygen atoms in total. The summed E-state index contributed by atoms with van der Waals surface area (Å²) in [7, 11) is 3.45. The van der Waals surface area contributed by atoms with E-state index in [9.17, 15) is 4.39 Å². The van der Waals surface area contributed by atoms with Crippen LogP contribution in [0.2, 0.25) is 0 Å². The maximum absolute atomic E-state index is 13.6. The first-order valence-electron chi connectivity index (χ1n) is 7.89. The van der Waals surface area contributed by atoms with Crippen LogP contribution in [-0.2, 0) is 6.54 Å². The van der Waals surface area contributed by atoms with Crippen LogP contribution >= 0.6 is 0 Å². The summed E-state index contributed by atoms with van der Waals surface area (Å²) >= 11 is 0. The number of hydrogen-bond donors (Lipinski definition) is 1. The highest BCUT2D eigenvalue weighted by molar-refractivity contribution is 5.42. The van der Waals surface area contributed by atoms with E-state index < -0.39 is 5.82 Å². The Morgan fingerprint density at radius 1 is 1.26 bits per heavy atom. The zero-order valence-electron chi connectivity index (χ0n) is 13.4. The van der Waals surface area contributed by atoms with Gasteiger partial charge in [-0.15, -0.1) is 0 Å². The quantitative estimate of drug-likeness (QED) is 0.907. The Balaban J connectivity index is 1.62. The standard InChI is InChI=1S/C15H21FN6O/c1-22(2)14-11(16)8-17-15(20-14)18-9-12-19-13(21-23-12)10-6-4-3-5-7-10/h8,10H,3-7,9H2,1-2H3,(H,17,18,20). The molecule has 0 aliphatic heterocycles. The minimum atomic E-state index is -0.460. The van der Waals surface area contributed by atoms with Crippen LogP contribution in [0, 0.1) is 5.82 Å². The van der Waals surface area contributed by atoms with Gasteiger partial charge in [0.25, 0.3) is 0 Å². The molecular formula is C15H21FN6O. The summed E-state index contributed by atoms with van der Waals surface area (Å²) in [6, 6.07) is 0. The van der Waals surface area contributed by atoms with Gasteiger partial charge >= 0.3 is 0 Å². The van der Waals surface area contributed by atoms with Crippen molar-refractivity contribution in [2.45, 2.75) is 44.6 Å². The Kier molecular flexibility index (Phi) is 4.68. The molecule has 0 unspecified atom stereocenters. The van der Waals surface area contributed by atoms with E-state index in [1.54, 1.807) is 19.0 Å². The molecule has 124 valence electrons. The fraction of sp³-hybridized carbons (Fsp3) is 0.600. The summed E-state index contributed by atoms with van der Waals surface area (Å²) in [6.07, 6.45) is 7.14. The average molecular weight is 320 g/mol. The second-order valence-electron chi connectivity index (χ2n) is 5.99. The minimum Gasteiger partial charge on any atom is -0.360 e. The smallest absolute Gasteiger partial charge is 0.246 e. The fourth-order valence-electron chi connectivity index (χ4n) is 2.78. The summed E-state index contributed by atoms with van der Waals surface area (Å²) < 4.78 is 18.8. The molecular weight excluding hydrogens is 299 g/mol. The molecule has 2 heterocycles. The minimum absolute atomic E-state index is 0.232. The Labute approximate surface area is 134 Å². The van der Waals surface area contributed by atoms with Gasteiger partial charge in [-0.1, -0.05) is 24.4 Å². The van der Waals surface area contributed by atoms with E-state index in [-0.39, 0.29) is 5.82 Å². The van der Waals surface area contributed by atoms with Crippen molar-refractivity contribution in [1.82, 2.24) is 20.1 Å². The molecule has 0 bridgehead atoms. The molecule has 1 saturated carbocycles. The molecule has 1 N–H and O–H groups in total. The molecule has 2 aromatic rings. The van der Waals surface area contributed by atoms with Gasteiger partial charge in [-0.05, 0) is 12.8 Å². The van der Waals surface area contributed by atoms with E-state index in [0.29, 0.717) is 24.3 Å². The van der Waals surface area contributed by atoms with E-state index in [0.717, 1.165) is 24.9 Å². The average Bonchev–Trinajstić information content (AvgIpc) is 3.03. The lowest BCUT2D eigenvalue weighted by atomic mass is 9.89. The van der Waals surface area contributed by atoms with Crippen LogP contribution in [0.5, 0.6) is 0 Å². The predicted octanol–water partition coefficient (Wildman–Crippen LogP) is 2.72. The molecule has 23 heavy (non-hydrogen) atoms. The zero-order chi connectivity index (χ0) is 16.2. The number of nitrogens with one attached hydrogen (secondary N) is 1. The van der Waals surface area contributed by atoms with Gasteiger partial charge in [0.15, 0.2) is 17.5 Å². The number of aromatic nitrogens is 4. The molecule has 8 heteroatoms. The molecule has 3 rings (SSSR count). The van der Waals surface area contributed by atoms with Gasteiger partial charge in [-0.25, -0.2) is 9.37 Å². The number of hydrogen-bond acceptors (Lipinski definition) is 7. The molecule has 0 radical (unpaired) electrons. The second-order valence-corrected chi connectivity index (χ2v) is 5.99. The third-order valence-corrected chi connectivity index (χ3v) is 4.00. The molecule has 0 saturated heterocycles. The Hall–Kier alpha value is -2.25. The third kappa shape index (κ3) is 3.75.